The van der Waals surface area contributed by atoms with Crippen LogP contribution < -0.4 is 0 Å². The van der Waals surface area contributed by atoms with Crippen LogP contribution in [0.2, 0.25) is 0 Å². The minimum absolute atomic E-state index is 0.552. The van der Waals surface area contributed by atoms with Gasteiger partial charge in [-0.05, 0) is 0 Å². The molecule has 0 N–H and O–H groups in total. The minimum atomic E-state index is 0.552. The van der Waals surface area contributed by atoms with Gasteiger partial charge in [-0.1, -0.05) is 117 Å². The molecule has 204 valence electrons. The Labute approximate surface area is 248 Å². The second-order valence-corrected chi connectivity index (χ2v) is 10.4. The number of rotatable bonds is 0. The average molecular weight is 557 g/mol. The SMILES string of the molecule is CCC.c1ccc2c(c1)C1=NC2=NC2=NC(=NC3=NC(=NC4=NC(=N1)c1ccccc14)c1ccccc13)c1ccccc12. The first-order chi connectivity index (χ1) is 21.2. The fraction of sp³-hybridized carbons (Fsp3) is 0.0857. The lowest BCUT2D eigenvalue weighted by atomic mass is 10.1. The van der Waals surface area contributed by atoms with Gasteiger partial charge < -0.3 is 0 Å². The van der Waals surface area contributed by atoms with E-state index in [1.165, 1.54) is 6.42 Å². The summed E-state index contributed by atoms with van der Waals surface area (Å²) in [4.78, 5) is 39.3. The molecule has 0 saturated carbocycles. The van der Waals surface area contributed by atoms with Crippen molar-refractivity contribution < 1.29 is 0 Å². The average Bonchev–Trinajstić information content (AvgIpc) is 3.77. The molecule has 8 bridgehead atoms. The highest BCUT2D eigenvalue weighted by Crippen LogP contribution is 2.29. The molecule has 0 spiro atoms. The predicted octanol–water partition coefficient (Wildman–Crippen LogP) is 6.24. The fourth-order valence-corrected chi connectivity index (χ4v) is 5.46. The Kier molecular flexibility index (Phi) is 5.78. The van der Waals surface area contributed by atoms with Gasteiger partial charge in [-0.25, -0.2) is 39.9 Å². The normalized spacial score (nSPS) is 16.4. The lowest BCUT2D eigenvalue weighted by Gasteiger charge is -2.01. The molecule has 43 heavy (non-hydrogen) atoms. The number of nitrogens with zero attached hydrogens (tertiary/aromatic N) is 8. The molecule has 0 radical (unpaired) electrons. The monoisotopic (exact) mass is 556 g/mol. The maximum absolute atomic E-state index is 4.95. The molecule has 0 amide bonds. The van der Waals surface area contributed by atoms with Gasteiger partial charge in [-0.15, -0.1) is 0 Å². The highest BCUT2D eigenvalue weighted by Gasteiger charge is 2.30. The van der Waals surface area contributed by atoms with Gasteiger partial charge in [-0.3, -0.25) is 0 Å². The molecule has 0 saturated heterocycles. The van der Waals surface area contributed by atoms with Gasteiger partial charge in [0.05, 0.1) is 0 Å². The zero-order valence-corrected chi connectivity index (χ0v) is 23.5. The number of benzene rings is 4. The van der Waals surface area contributed by atoms with Gasteiger partial charge in [0.2, 0.25) is 0 Å². The van der Waals surface area contributed by atoms with Crippen LogP contribution in [0.4, 0.5) is 0 Å². The topological polar surface area (TPSA) is 98.9 Å². The lowest BCUT2D eigenvalue weighted by molar-refractivity contribution is 1.09. The molecular formula is C35H24N8. The van der Waals surface area contributed by atoms with Crippen molar-refractivity contribution in [3.8, 4) is 0 Å². The van der Waals surface area contributed by atoms with Gasteiger partial charge in [0.15, 0.2) is 46.7 Å². The molecule has 4 aromatic rings. The highest BCUT2D eigenvalue weighted by molar-refractivity contribution is 6.35. The van der Waals surface area contributed by atoms with Crippen LogP contribution in [0.3, 0.4) is 0 Å². The molecule has 8 heteroatoms. The molecular weight excluding hydrogens is 532 g/mol. The second kappa shape index (κ2) is 9.95. The van der Waals surface area contributed by atoms with E-state index in [2.05, 4.69) is 13.8 Å². The minimum Gasteiger partial charge on any atom is -0.208 e. The standard InChI is InChI=1S/C32H16N8.C3H8/c1-2-10-18-17(9-1)25-33-26(18)38-28-21-13-5-6-14-22(21)30(35-28)40-32-24-16-8-7-15-23(24)31(36-32)39-29-20-12-4-3-11-19(20)27(34-29)37-25;1-3-2/h1-16H;3H2,1-2H3. The summed E-state index contributed by atoms with van der Waals surface area (Å²) in [5.41, 5.74) is 7.15. The zero-order valence-electron chi connectivity index (χ0n) is 23.5. The third-order valence-corrected chi connectivity index (χ3v) is 7.33. The molecule has 0 atom stereocenters. The van der Waals surface area contributed by atoms with Crippen molar-refractivity contribution in [2.45, 2.75) is 20.3 Å². The molecule has 0 fully saturated rings. The smallest absolute Gasteiger partial charge is 0.164 e. The number of fused-ring (bicyclic) bond motifs is 16. The van der Waals surface area contributed by atoms with Gasteiger partial charge in [0.1, 0.15) is 0 Å². The van der Waals surface area contributed by atoms with Gasteiger partial charge in [0.25, 0.3) is 0 Å². The molecule has 9 rings (SSSR count). The number of amidine groups is 8. The van der Waals surface area contributed by atoms with Crippen molar-refractivity contribution in [1.29, 1.82) is 0 Å². The van der Waals surface area contributed by atoms with Gasteiger partial charge in [0, 0.05) is 44.5 Å². The summed E-state index contributed by atoms with van der Waals surface area (Å²) in [5, 5.41) is 0. The fourth-order valence-electron chi connectivity index (χ4n) is 5.46. The van der Waals surface area contributed by atoms with Crippen LogP contribution in [0.25, 0.3) is 0 Å². The van der Waals surface area contributed by atoms with E-state index in [1.54, 1.807) is 0 Å². The summed E-state index contributed by atoms with van der Waals surface area (Å²) in [6.07, 6.45) is 1.25. The second-order valence-electron chi connectivity index (χ2n) is 10.4. The molecule has 0 aromatic heterocycles. The van der Waals surface area contributed by atoms with Gasteiger partial charge in [-0.2, -0.15) is 0 Å². The molecule has 5 aliphatic rings. The summed E-state index contributed by atoms with van der Waals surface area (Å²) in [6, 6.07) is 31.8. The first-order valence-electron chi connectivity index (χ1n) is 14.3. The number of hydrogen-bond donors (Lipinski definition) is 0. The van der Waals surface area contributed by atoms with E-state index >= 15 is 0 Å². The van der Waals surface area contributed by atoms with E-state index in [4.69, 9.17) is 39.9 Å². The molecule has 5 aliphatic heterocycles. The van der Waals surface area contributed by atoms with Crippen LogP contribution in [-0.2, 0) is 0 Å². The molecule has 0 aliphatic carbocycles. The highest BCUT2D eigenvalue weighted by atomic mass is 15.1. The number of hydrogen-bond acceptors (Lipinski definition) is 8. The Morgan fingerprint density at radius 1 is 0.279 bits per heavy atom. The summed E-state index contributed by atoms with van der Waals surface area (Å²) in [5.74, 6) is 4.42. The van der Waals surface area contributed by atoms with Crippen molar-refractivity contribution in [1.82, 2.24) is 0 Å². The lowest BCUT2D eigenvalue weighted by Crippen LogP contribution is -2.02. The van der Waals surface area contributed by atoms with Crippen LogP contribution in [0.15, 0.2) is 137 Å². The third-order valence-electron chi connectivity index (χ3n) is 7.33. The Balaban J connectivity index is 0.000000892. The number of aliphatic imine (C=N–C) groups is 8. The van der Waals surface area contributed by atoms with Crippen molar-refractivity contribution in [3.05, 3.63) is 142 Å². The van der Waals surface area contributed by atoms with Crippen molar-refractivity contribution in [3.63, 3.8) is 0 Å². The molecule has 4 aromatic carbocycles. The maximum Gasteiger partial charge on any atom is 0.164 e. The van der Waals surface area contributed by atoms with E-state index < -0.39 is 0 Å². The Morgan fingerprint density at radius 3 is 0.512 bits per heavy atom. The van der Waals surface area contributed by atoms with Crippen LogP contribution in [-0.4, -0.2) is 46.7 Å². The van der Waals surface area contributed by atoms with E-state index in [-0.39, 0.29) is 0 Å². The van der Waals surface area contributed by atoms with Crippen molar-refractivity contribution >= 4 is 46.7 Å². The Hall–Kier alpha value is -5.76. The predicted molar refractivity (Wildman–Crippen MR) is 174 cm³/mol. The quantitative estimate of drug-likeness (QED) is 0.245. The first kappa shape index (κ1) is 25.0. The van der Waals surface area contributed by atoms with Crippen molar-refractivity contribution in [2.75, 3.05) is 0 Å². The van der Waals surface area contributed by atoms with E-state index in [9.17, 15) is 0 Å². The summed E-state index contributed by atoms with van der Waals surface area (Å²) in [7, 11) is 0. The maximum atomic E-state index is 4.95. The van der Waals surface area contributed by atoms with Crippen LogP contribution >= 0.6 is 0 Å². The Bertz CT molecular complexity index is 1800. The summed E-state index contributed by atoms with van der Waals surface area (Å²) in [6.45, 7) is 4.25. The molecule has 5 heterocycles. The summed E-state index contributed by atoms with van der Waals surface area (Å²) < 4.78 is 0. The summed E-state index contributed by atoms with van der Waals surface area (Å²) >= 11 is 0. The molecule has 0 unspecified atom stereocenters. The third kappa shape index (κ3) is 4.06. The van der Waals surface area contributed by atoms with Crippen LogP contribution in [0.1, 0.15) is 64.8 Å². The van der Waals surface area contributed by atoms with E-state index in [0.717, 1.165) is 44.5 Å². The zero-order chi connectivity index (χ0) is 28.9. The largest absolute Gasteiger partial charge is 0.208 e. The van der Waals surface area contributed by atoms with Gasteiger partial charge >= 0.3 is 0 Å². The van der Waals surface area contributed by atoms with Crippen molar-refractivity contribution in [2.24, 2.45) is 39.9 Å². The Morgan fingerprint density at radius 2 is 0.395 bits per heavy atom. The van der Waals surface area contributed by atoms with Crippen LogP contribution in [0.5, 0.6) is 0 Å². The van der Waals surface area contributed by atoms with E-state index in [1.807, 2.05) is 97.1 Å². The molecule has 8 nitrogen and oxygen atoms in total. The van der Waals surface area contributed by atoms with E-state index in [0.29, 0.717) is 46.7 Å². The first-order valence-corrected chi connectivity index (χ1v) is 14.3. The van der Waals surface area contributed by atoms with Crippen LogP contribution in [0, 0.1) is 0 Å².